The number of halogens is 2. The maximum atomic E-state index is 6.23. The lowest BCUT2D eigenvalue weighted by Gasteiger charge is -2.10. The third kappa shape index (κ3) is 3.15. The molecule has 0 unspecified atom stereocenters. The van der Waals surface area contributed by atoms with Gasteiger partial charge in [-0.05, 0) is 49.6 Å². The van der Waals surface area contributed by atoms with E-state index in [1.807, 2.05) is 35.0 Å². The van der Waals surface area contributed by atoms with Crippen LogP contribution in [0.3, 0.4) is 0 Å². The number of hydrogen-bond acceptors (Lipinski definition) is 3. The van der Waals surface area contributed by atoms with Crippen molar-refractivity contribution in [3.8, 4) is 22.7 Å². The zero-order valence-corrected chi connectivity index (χ0v) is 15.9. The van der Waals surface area contributed by atoms with E-state index in [2.05, 4.69) is 11.4 Å². The third-order valence-electron chi connectivity index (χ3n) is 4.62. The van der Waals surface area contributed by atoms with Gasteiger partial charge in [0.15, 0.2) is 0 Å². The summed E-state index contributed by atoms with van der Waals surface area (Å²) in [5.74, 6) is 1.85. The van der Waals surface area contributed by atoms with E-state index in [1.165, 1.54) is 5.56 Å². The Bertz CT molecular complexity index is 952. The smallest absolute Gasteiger partial charge is 0.133 e. The van der Waals surface area contributed by atoms with Crippen molar-refractivity contribution in [1.29, 1.82) is 0 Å². The first-order valence-electron chi connectivity index (χ1n) is 8.63. The minimum Gasteiger partial charge on any atom is -0.497 e. The van der Waals surface area contributed by atoms with Crippen molar-refractivity contribution >= 4 is 29.0 Å². The summed E-state index contributed by atoms with van der Waals surface area (Å²) in [5.41, 5.74) is 4.13. The van der Waals surface area contributed by atoms with Crippen LogP contribution in [-0.4, -0.2) is 23.4 Å². The summed E-state index contributed by atoms with van der Waals surface area (Å²) < 4.78 is 7.31. The van der Waals surface area contributed by atoms with Crippen LogP contribution >= 0.6 is 23.2 Å². The number of methoxy groups -OCH3 is 1. The number of benzene rings is 2. The Morgan fingerprint density at radius 1 is 1.08 bits per heavy atom. The Hall–Kier alpha value is -2.17. The molecule has 4 rings (SSSR count). The standard InChI is InChI=1S/C20H19Cl2N3O/c1-26-15-6-4-5-13(11-15)19-16-7-2-3-10-23-20(16)25(24-19)14-8-9-17(21)18(22)12-14/h4-6,8-9,11-12,23H,2-3,7,10H2,1H3. The molecule has 2 heterocycles. The highest BCUT2D eigenvalue weighted by atomic mass is 35.5. The number of hydrogen-bond donors (Lipinski definition) is 1. The molecule has 0 atom stereocenters. The Balaban J connectivity index is 1.90. The normalized spacial score (nSPS) is 13.7. The van der Waals surface area contributed by atoms with Crippen molar-refractivity contribution in [2.45, 2.75) is 19.3 Å². The van der Waals surface area contributed by atoms with Gasteiger partial charge in [0.25, 0.3) is 0 Å². The lowest BCUT2D eigenvalue weighted by Crippen LogP contribution is -2.07. The van der Waals surface area contributed by atoms with Gasteiger partial charge >= 0.3 is 0 Å². The first-order chi connectivity index (χ1) is 12.7. The molecule has 0 radical (unpaired) electrons. The molecule has 0 amide bonds. The Morgan fingerprint density at radius 2 is 1.96 bits per heavy atom. The fourth-order valence-electron chi connectivity index (χ4n) is 3.31. The van der Waals surface area contributed by atoms with Gasteiger partial charge in [0, 0.05) is 17.7 Å². The lowest BCUT2D eigenvalue weighted by molar-refractivity contribution is 0.415. The fourth-order valence-corrected chi connectivity index (χ4v) is 3.60. The van der Waals surface area contributed by atoms with E-state index in [9.17, 15) is 0 Å². The van der Waals surface area contributed by atoms with Crippen molar-refractivity contribution in [1.82, 2.24) is 9.78 Å². The number of ether oxygens (including phenoxy) is 1. The molecule has 4 nitrogen and oxygen atoms in total. The summed E-state index contributed by atoms with van der Waals surface area (Å²) in [6, 6.07) is 13.6. The largest absolute Gasteiger partial charge is 0.497 e. The molecule has 0 fully saturated rings. The monoisotopic (exact) mass is 387 g/mol. The van der Waals surface area contributed by atoms with E-state index in [-0.39, 0.29) is 0 Å². The molecule has 1 aromatic heterocycles. The van der Waals surface area contributed by atoms with Gasteiger partial charge in [-0.3, -0.25) is 0 Å². The second-order valence-electron chi connectivity index (χ2n) is 6.30. The van der Waals surface area contributed by atoms with Gasteiger partial charge in [0.05, 0.1) is 28.5 Å². The molecular formula is C20H19Cl2N3O. The first kappa shape index (κ1) is 17.3. The zero-order chi connectivity index (χ0) is 18.1. The fraction of sp³-hybridized carbons (Fsp3) is 0.250. The first-order valence-corrected chi connectivity index (χ1v) is 9.38. The predicted molar refractivity (Wildman–Crippen MR) is 107 cm³/mol. The van der Waals surface area contributed by atoms with Crippen molar-refractivity contribution in [2.75, 3.05) is 19.0 Å². The van der Waals surface area contributed by atoms with Crippen LogP contribution in [0.15, 0.2) is 42.5 Å². The Labute approximate surface area is 162 Å². The molecule has 0 saturated carbocycles. The van der Waals surface area contributed by atoms with E-state index in [4.69, 9.17) is 33.0 Å². The summed E-state index contributed by atoms with van der Waals surface area (Å²) in [5, 5.41) is 9.51. The molecule has 3 aromatic rings. The minimum absolute atomic E-state index is 0.518. The van der Waals surface area contributed by atoms with Gasteiger partial charge in [-0.15, -0.1) is 0 Å². The maximum Gasteiger partial charge on any atom is 0.133 e. The topological polar surface area (TPSA) is 39.1 Å². The van der Waals surface area contributed by atoms with Crippen molar-refractivity contribution in [3.63, 3.8) is 0 Å². The molecule has 2 aromatic carbocycles. The number of nitrogens with zero attached hydrogens (tertiary/aromatic N) is 2. The molecular weight excluding hydrogens is 369 g/mol. The van der Waals surface area contributed by atoms with Gasteiger partial charge in [0.1, 0.15) is 11.6 Å². The number of nitrogens with one attached hydrogen (secondary N) is 1. The number of fused-ring (bicyclic) bond motifs is 1. The number of rotatable bonds is 3. The second kappa shape index (κ2) is 7.22. The van der Waals surface area contributed by atoms with Crippen LogP contribution in [-0.2, 0) is 6.42 Å². The van der Waals surface area contributed by atoms with Crippen LogP contribution < -0.4 is 10.1 Å². The van der Waals surface area contributed by atoms with Gasteiger partial charge in [0.2, 0.25) is 0 Å². The molecule has 1 aliphatic heterocycles. The van der Waals surface area contributed by atoms with Crippen LogP contribution in [0.4, 0.5) is 5.82 Å². The van der Waals surface area contributed by atoms with Crippen LogP contribution in [0.1, 0.15) is 18.4 Å². The predicted octanol–water partition coefficient (Wildman–Crippen LogP) is 5.60. The molecule has 1 aliphatic rings. The van der Waals surface area contributed by atoms with Crippen molar-refractivity contribution in [2.24, 2.45) is 0 Å². The van der Waals surface area contributed by atoms with Crippen LogP contribution in [0, 0.1) is 0 Å². The molecule has 134 valence electrons. The molecule has 26 heavy (non-hydrogen) atoms. The van der Waals surface area contributed by atoms with Crippen molar-refractivity contribution in [3.05, 3.63) is 58.1 Å². The lowest BCUT2D eigenvalue weighted by atomic mass is 10.0. The van der Waals surface area contributed by atoms with E-state index in [0.717, 1.165) is 54.3 Å². The van der Waals surface area contributed by atoms with Gasteiger partial charge in [-0.1, -0.05) is 35.3 Å². The number of aromatic nitrogens is 2. The summed E-state index contributed by atoms with van der Waals surface area (Å²) in [7, 11) is 1.68. The molecule has 6 heteroatoms. The van der Waals surface area contributed by atoms with Gasteiger partial charge < -0.3 is 10.1 Å². The Morgan fingerprint density at radius 3 is 2.77 bits per heavy atom. The molecule has 0 aliphatic carbocycles. The average molecular weight is 388 g/mol. The highest BCUT2D eigenvalue weighted by Crippen LogP contribution is 2.36. The van der Waals surface area contributed by atoms with Crippen LogP contribution in [0.25, 0.3) is 16.9 Å². The Kier molecular flexibility index (Phi) is 4.79. The van der Waals surface area contributed by atoms with E-state index in [0.29, 0.717) is 10.0 Å². The van der Waals surface area contributed by atoms with E-state index < -0.39 is 0 Å². The minimum atomic E-state index is 0.518. The maximum absolute atomic E-state index is 6.23. The summed E-state index contributed by atoms with van der Waals surface area (Å²) in [6.07, 6.45) is 3.24. The van der Waals surface area contributed by atoms with Crippen molar-refractivity contribution < 1.29 is 4.74 Å². The quantitative estimate of drug-likeness (QED) is 0.635. The third-order valence-corrected chi connectivity index (χ3v) is 5.36. The molecule has 0 saturated heterocycles. The SMILES string of the molecule is COc1cccc(-c2nn(-c3ccc(Cl)c(Cl)c3)c3c2CCCCN3)c1. The van der Waals surface area contributed by atoms with E-state index >= 15 is 0 Å². The van der Waals surface area contributed by atoms with Gasteiger partial charge in [-0.25, -0.2) is 4.68 Å². The summed E-state index contributed by atoms with van der Waals surface area (Å²) in [6.45, 7) is 0.928. The summed E-state index contributed by atoms with van der Waals surface area (Å²) in [4.78, 5) is 0. The highest BCUT2D eigenvalue weighted by molar-refractivity contribution is 6.42. The van der Waals surface area contributed by atoms with Gasteiger partial charge in [-0.2, -0.15) is 5.10 Å². The second-order valence-corrected chi connectivity index (χ2v) is 7.12. The molecule has 0 spiro atoms. The van der Waals surface area contributed by atoms with E-state index in [1.54, 1.807) is 13.2 Å². The van der Waals surface area contributed by atoms with Crippen LogP contribution in [0.5, 0.6) is 5.75 Å². The number of anilines is 1. The van der Waals surface area contributed by atoms with Crippen LogP contribution in [0.2, 0.25) is 10.0 Å². The highest BCUT2D eigenvalue weighted by Gasteiger charge is 2.22. The average Bonchev–Trinajstić information content (AvgIpc) is 2.85. The molecule has 0 bridgehead atoms. The zero-order valence-electron chi connectivity index (χ0n) is 14.4. The summed E-state index contributed by atoms with van der Waals surface area (Å²) >= 11 is 12.3. The molecule has 1 N–H and O–H groups in total.